The number of nitrogens with one attached hydrogen (secondary N) is 1. The van der Waals surface area contributed by atoms with Gasteiger partial charge in [-0.25, -0.2) is 0 Å². The van der Waals surface area contributed by atoms with Crippen LogP contribution in [0.3, 0.4) is 0 Å². The van der Waals surface area contributed by atoms with Crippen molar-refractivity contribution in [2.75, 3.05) is 39.8 Å². The van der Waals surface area contributed by atoms with Gasteiger partial charge in [-0.1, -0.05) is 30.3 Å². The van der Waals surface area contributed by atoms with Gasteiger partial charge in [-0.15, -0.1) is 24.0 Å². The first-order valence-electron chi connectivity index (χ1n) is 10.5. The van der Waals surface area contributed by atoms with Crippen molar-refractivity contribution in [3.05, 3.63) is 35.9 Å². The molecule has 1 unspecified atom stereocenters. The number of likely N-dealkylation sites (N-methyl/N-ethyl adjacent to an activating group) is 1. The summed E-state index contributed by atoms with van der Waals surface area (Å²) in [6.45, 7) is 10.8. The average molecular weight is 516 g/mol. The van der Waals surface area contributed by atoms with Crippen molar-refractivity contribution in [2.24, 2.45) is 10.9 Å². The van der Waals surface area contributed by atoms with E-state index in [2.05, 4.69) is 60.3 Å². The molecule has 0 aromatic heterocycles. The summed E-state index contributed by atoms with van der Waals surface area (Å²) < 4.78 is 5.17. The molecule has 1 aliphatic heterocycles. The van der Waals surface area contributed by atoms with Gasteiger partial charge in [-0.05, 0) is 46.2 Å². The average Bonchev–Trinajstić information content (AvgIpc) is 2.72. The summed E-state index contributed by atoms with van der Waals surface area (Å²) in [5.41, 5.74) is 1.31. The van der Waals surface area contributed by atoms with E-state index in [1.807, 2.05) is 13.0 Å². The predicted octanol–water partition coefficient (Wildman–Crippen LogP) is 3.37. The van der Waals surface area contributed by atoms with E-state index in [1.54, 1.807) is 0 Å². The third-order valence-electron chi connectivity index (χ3n) is 5.28. The Morgan fingerprint density at radius 3 is 2.52 bits per heavy atom. The van der Waals surface area contributed by atoms with Crippen LogP contribution < -0.4 is 5.32 Å². The summed E-state index contributed by atoms with van der Waals surface area (Å²) in [5.74, 6) is 0.917. The van der Waals surface area contributed by atoms with Crippen molar-refractivity contribution in [3.8, 4) is 0 Å². The van der Waals surface area contributed by atoms with Gasteiger partial charge in [-0.2, -0.15) is 0 Å². The van der Waals surface area contributed by atoms with Gasteiger partial charge in [0.15, 0.2) is 5.96 Å². The van der Waals surface area contributed by atoms with Gasteiger partial charge in [0.2, 0.25) is 0 Å². The molecule has 0 aliphatic carbocycles. The molecule has 1 heterocycles. The van der Waals surface area contributed by atoms with E-state index in [9.17, 15) is 4.79 Å². The molecule has 0 amide bonds. The van der Waals surface area contributed by atoms with E-state index >= 15 is 0 Å². The molecule has 2 rings (SSSR count). The lowest BCUT2D eigenvalue weighted by atomic mass is 9.97. The van der Waals surface area contributed by atoms with Crippen molar-refractivity contribution in [1.82, 2.24) is 15.1 Å². The van der Waals surface area contributed by atoms with Crippen LogP contribution in [0.2, 0.25) is 0 Å². The lowest BCUT2D eigenvalue weighted by Crippen LogP contribution is -2.47. The highest BCUT2D eigenvalue weighted by molar-refractivity contribution is 14.0. The van der Waals surface area contributed by atoms with Crippen LogP contribution in [0.4, 0.5) is 0 Å². The third-order valence-corrected chi connectivity index (χ3v) is 5.28. The van der Waals surface area contributed by atoms with Gasteiger partial charge < -0.3 is 15.0 Å². The molecule has 1 N–H and O–H groups in total. The minimum Gasteiger partial charge on any atom is -0.466 e. The minimum atomic E-state index is -0.0553. The number of ether oxygens (including phenoxy) is 1. The molecular formula is C22H37IN4O2. The zero-order valence-corrected chi connectivity index (χ0v) is 20.6. The summed E-state index contributed by atoms with van der Waals surface area (Å²) in [6, 6.07) is 10.9. The quantitative estimate of drug-likeness (QED) is 0.249. The van der Waals surface area contributed by atoms with Gasteiger partial charge in [-0.3, -0.25) is 14.7 Å². The molecule has 0 radical (unpaired) electrons. The van der Waals surface area contributed by atoms with Crippen molar-refractivity contribution in [2.45, 2.75) is 46.2 Å². The Morgan fingerprint density at radius 1 is 1.28 bits per heavy atom. The fraction of sp³-hybridized carbons (Fsp3) is 0.636. The van der Waals surface area contributed by atoms with E-state index in [0.717, 1.165) is 51.5 Å². The fourth-order valence-electron chi connectivity index (χ4n) is 3.40. The number of likely N-dealkylation sites (tertiary alicyclic amines) is 1. The van der Waals surface area contributed by atoms with Gasteiger partial charge in [0.25, 0.3) is 0 Å². The summed E-state index contributed by atoms with van der Waals surface area (Å²) in [6.07, 6.45) is 1.65. The number of guanidine groups is 1. The van der Waals surface area contributed by atoms with Crippen LogP contribution in [0.25, 0.3) is 0 Å². The molecule has 1 saturated heterocycles. The number of halogens is 1. The maximum Gasteiger partial charge on any atom is 0.309 e. The van der Waals surface area contributed by atoms with E-state index in [0.29, 0.717) is 12.6 Å². The van der Waals surface area contributed by atoms with Gasteiger partial charge >= 0.3 is 5.97 Å². The molecule has 1 aromatic rings. The smallest absolute Gasteiger partial charge is 0.309 e. The van der Waals surface area contributed by atoms with Crippen molar-refractivity contribution in [3.63, 3.8) is 0 Å². The topological polar surface area (TPSA) is 57.2 Å². The van der Waals surface area contributed by atoms with Gasteiger partial charge in [0.05, 0.1) is 19.1 Å². The Morgan fingerprint density at radius 2 is 1.93 bits per heavy atom. The maximum atomic E-state index is 11.9. The second kappa shape index (κ2) is 13.8. The number of esters is 1. The number of hydrogen-bond donors (Lipinski definition) is 1. The molecule has 1 aromatic carbocycles. The van der Waals surface area contributed by atoms with E-state index < -0.39 is 0 Å². The summed E-state index contributed by atoms with van der Waals surface area (Å²) >= 11 is 0. The van der Waals surface area contributed by atoms with Crippen LogP contribution in [0, 0.1) is 5.92 Å². The Balaban J connectivity index is 0.00000420. The maximum absolute atomic E-state index is 11.9. The molecule has 164 valence electrons. The second-order valence-corrected chi connectivity index (χ2v) is 7.46. The number of carbonyl (C=O) groups is 1. The first kappa shape index (κ1) is 25.7. The number of nitrogens with zero attached hydrogens (tertiary/aromatic N) is 3. The molecule has 0 spiro atoms. The zero-order chi connectivity index (χ0) is 20.4. The Labute approximate surface area is 193 Å². The van der Waals surface area contributed by atoms with Crippen molar-refractivity contribution in [1.29, 1.82) is 0 Å². The van der Waals surface area contributed by atoms with Crippen LogP contribution in [-0.2, 0) is 16.1 Å². The molecule has 1 aliphatic rings. The summed E-state index contributed by atoms with van der Waals surface area (Å²) in [7, 11) is 2.14. The third kappa shape index (κ3) is 8.50. The van der Waals surface area contributed by atoms with E-state index in [4.69, 9.17) is 9.73 Å². The summed E-state index contributed by atoms with van der Waals surface area (Å²) in [4.78, 5) is 21.4. The Hall–Kier alpha value is -1.35. The fourth-order valence-corrected chi connectivity index (χ4v) is 3.40. The lowest BCUT2D eigenvalue weighted by Gasteiger charge is -2.33. The van der Waals surface area contributed by atoms with Crippen LogP contribution in [0.5, 0.6) is 0 Å². The van der Waals surface area contributed by atoms with Crippen LogP contribution >= 0.6 is 24.0 Å². The highest BCUT2D eigenvalue weighted by Crippen LogP contribution is 2.19. The molecule has 0 bridgehead atoms. The van der Waals surface area contributed by atoms with E-state index in [1.165, 1.54) is 5.56 Å². The number of rotatable bonds is 8. The largest absolute Gasteiger partial charge is 0.466 e. The SMILES string of the molecule is CCNC(=NCC(C)N(C)Cc1ccccc1)N1CCC(C(=O)OCC)CC1.I. The normalized spacial score (nSPS) is 16.3. The predicted molar refractivity (Wildman–Crippen MR) is 130 cm³/mol. The number of aliphatic imine (C=N–C) groups is 1. The number of hydrogen-bond acceptors (Lipinski definition) is 4. The highest BCUT2D eigenvalue weighted by Gasteiger charge is 2.27. The van der Waals surface area contributed by atoms with Gasteiger partial charge in [0, 0.05) is 32.2 Å². The summed E-state index contributed by atoms with van der Waals surface area (Å²) in [5, 5.41) is 3.41. The lowest BCUT2D eigenvalue weighted by molar-refractivity contribution is -0.149. The van der Waals surface area contributed by atoms with Gasteiger partial charge in [0.1, 0.15) is 0 Å². The molecule has 7 heteroatoms. The Kier molecular flexibility index (Phi) is 12.2. The molecule has 29 heavy (non-hydrogen) atoms. The number of piperidine rings is 1. The first-order valence-corrected chi connectivity index (χ1v) is 10.5. The monoisotopic (exact) mass is 516 g/mol. The van der Waals surface area contributed by atoms with Crippen molar-refractivity contribution >= 4 is 35.9 Å². The molecule has 6 nitrogen and oxygen atoms in total. The number of carbonyl (C=O) groups excluding carboxylic acids is 1. The van der Waals surface area contributed by atoms with E-state index in [-0.39, 0.29) is 35.9 Å². The molecular weight excluding hydrogens is 479 g/mol. The zero-order valence-electron chi connectivity index (χ0n) is 18.3. The minimum absolute atomic E-state index is 0. The van der Waals surface area contributed by atoms with Crippen LogP contribution in [0.15, 0.2) is 35.3 Å². The van der Waals surface area contributed by atoms with Crippen LogP contribution in [-0.4, -0.2) is 67.6 Å². The second-order valence-electron chi connectivity index (χ2n) is 7.46. The molecule has 0 saturated carbocycles. The van der Waals surface area contributed by atoms with Crippen LogP contribution in [0.1, 0.15) is 39.2 Å². The Bertz CT molecular complexity index is 618. The highest BCUT2D eigenvalue weighted by atomic mass is 127. The molecule has 1 atom stereocenters. The molecule has 1 fully saturated rings. The standard InChI is InChI=1S/C22H36N4O2.HI/c1-5-23-22(26-14-12-20(13-15-26)21(27)28-6-2)24-16-18(3)25(4)17-19-10-8-7-9-11-19;/h7-11,18,20H,5-6,12-17H2,1-4H3,(H,23,24);1H. The first-order chi connectivity index (χ1) is 13.5. The number of benzene rings is 1. The van der Waals surface area contributed by atoms with Crippen molar-refractivity contribution < 1.29 is 9.53 Å².